The molecule has 3 aliphatic rings. The van der Waals surface area contributed by atoms with Crippen LogP contribution in [0, 0.1) is 11.8 Å². The van der Waals surface area contributed by atoms with Gasteiger partial charge >= 0.3 is 6.09 Å². The van der Waals surface area contributed by atoms with E-state index < -0.39 is 30.0 Å². The van der Waals surface area contributed by atoms with Gasteiger partial charge in [-0.15, -0.1) is 0 Å². The maximum absolute atomic E-state index is 13.5. The first-order chi connectivity index (χ1) is 15.5. The fraction of sp³-hybridized carbons (Fsp3) is 0.280. The van der Waals surface area contributed by atoms with Crippen LogP contribution in [-0.4, -0.2) is 40.7 Å². The maximum Gasteiger partial charge on any atom is 0.416 e. The lowest BCUT2D eigenvalue weighted by molar-refractivity contribution is -0.126. The highest BCUT2D eigenvalue weighted by Gasteiger charge is 2.58. The van der Waals surface area contributed by atoms with Gasteiger partial charge in [-0.1, -0.05) is 42.5 Å². The minimum absolute atomic E-state index is 0.0943. The third-order valence-electron chi connectivity index (χ3n) is 6.48. The van der Waals surface area contributed by atoms with Crippen molar-refractivity contribution in [3.05, 3.63) is 72.3 Å². The molecule has 2 heterocycles. The van der Waals surface area contributed by atoms with E-state index in [-0.39, 0.29) is 24.0 Å². The van der Waals surface area contributed by atoms with E-state index in [4.69, 9.17) is 4.74 Å². The summed E-state index contributed by atoms with van der Waals surface area (Å²) in [6.45, 7) is 1.76. The zero-order valence-electron chi connectivity index (χ0n) is 17.5. The number of allylic oxidation sites excluding steroid dienone is 1. The molecule has 2 saturated heterocycles. The van der Waals surface area contributed by atoms with Crippen LogP contribution in [-0.2, 0) is 14.4 Å². The second kappa shape index (κ2) is 7.75. The van der Waals surface area contributed by atoms with Gasteiger partial charge in [0.2, 0.25) is 11.8 Å². The van der Waals surface area contributed by atoms with E-state index in [9.17, 15) is 19.2 Å². The van der Waals surface area contributed by atoms with Crippen molar-refractivity contribution >= 4 is 29.4 Å². The van der Waals surface area contributed by atoms with E-state index in [0.29, 0.717) is 23.4 Å². The number of ether oxygens (including phenoxy) is 1. The number of amides is 3. The highest BCUT2D eigenvalue weighted by Crippen LogP contribution is 2.45. The Hall–Kier alpha value is -3.74. The number of carbonyl (C=O) groups is 4. The van der Waals surface area contributed by atoms with Crippen LogP contribution >= 0.6 is 0 Å². The number of fused-ring (bicyclic) bond motifs is 3. The minimum Gasteiger partial charge on any atom is -0.410 e. The molecule has 0 spiro atoms. The molecule has 0 unspecified atom stereocenters. The summed E-state index contributed by atoms with van der Waals surface area (Å²) < 4.78 is 5.57. The number of Topliss-reactive ketones (excluding diaryl/α,β-unsaturated/α-hetero) is 1. The smallest absolute Gasteiger partial charge is 0.410 e. The van der Waals surface area contributed by atoms with Crippen LogP contribution in [0.25, 0.3) is 0 Å². The second-order valence-electron chi connectivity index (χ2n) is 8.38. The van der Waals surface area contributed by atoms with Gasteiger partial charge < -0.3 is 4.74 Å². The van der Waals surface area contributed by atoms with Gasteiger partial charge in [-0.3, -0.25) is 19.3 Å². The molecule has 2 aromatic carbocycles. The Labute approximate surface area is 185 Å². The van der Waals surface area contributed by atoms with E-state index >= 15 is 0 Å². The van der Waals surface area contributed by atoms with Gasteiger partial charge in [0, 0.05) is 18.0 Å². The number of benzene rings is 2. The van der Waals surface area contributed by atoms with E-state index in [0.717, 1.165) is 0 Å². The van der Waals surface area contributed by atoms with E-state index in [2.05, 4.69) is 0 Å². The highest BCUT2D eigenvalue weighted by atomic mass is 16.6. The minimum atomic E-state index is -0.827. The monoisotopic (exact) mass is 430 g/mol. The summed E-state index contributed by atoms with van der Waals surface area (Å²) >= 11 is 0. The van der Waals surface area contributed by atoms with E-state index in [1.165, 1.54) is 9.80 Å². The standard InChI is InChI=1S/C25H22N2O5/c1-15-14-20(28)18-12-13-19-21(24(30)27(23(19)29)16-8-4-2-5-9-16)22(18)26(15)25(31)32-17-10-6-3-7-11-17/h2-12,15,19,21-22H,13-14H2,1H3/t15-,19+,21+,22-/m0/s1. The number of carbonyl (C=O) groups excluding carboxylic acids is 4. The first-order valence-electron chi connectivity index (χ1n) is 10.7. The first-order valence-corrected chi connectivity index (χ1v) is 10.7. The molecule has 2 fully saturated rings. The second-order valence-corrected chi connectivity index (χ2v) is 8.38. The summed E-state index contributed by atoms with van der Waals surface area (Å²) in [4.78, 5) is 55.5. The molecule has 2 aliphatic heterocycles. The zero-order valence-corrected chi connectivity index (χ0v) is 17.5. The third kappa shape index (κ3) is 3.12. The highest BCUT2D eigenvalue weighted by molar-refractivity contribution is 6.23. The lowest BCUT2D eigenvalue weighted by atomic mass is 9.72. The molecule has 0 aromatic heterocycles. The predicted molar refractivity (Wildman–Crippen MR) is 116 cm³/mol. The van der Waals surface area contributed by atoms with Crippen molar-refractivity contribution in [2.75, 3.05) is 4.90 Å². The Morgan fingerprint density at radius 2 is 1.59 bits per heavy atom. The SMILES string of the molecule is C[C@H]1CC(=O)C2=CC[C@H]3C(=O)N(c4ccccc4)C(=O)[C@H]3[C@H]2N1C(=O)Oc1ccccc1. The van der Waals surface area contributed by atoms with Crippen LogP contribution in [0.1, 0.15) is 19.8 Å². The maximum atomic E-state index is 13.5. The molecule has 32 heavy (non-hydrogen) atoms. The number of rotatable bonds is 2. The molecule has 4 atom stereocenters. The number of para-hydroxylation sites is 2. The van der Waals surface area contributed by atoms with Gasteiger partial charge in [0.05, 0.1) is 23.6 Å². The number of anilines is 1. The Bertz CT molecular complexity index is 1130. The molecule has 5 rings (SSSR count). The summed E-state index contributed by atoms with van der Waals surface area (Å²) in [7, 11) is 0. The molecular formula is C25H22N2O5. The average Bonchev–Trinajstić information content (AvgIpc) is 3.05. The van der Waals surface area contributed by atoms with Gasteiger partial charge in [-0.2, -0.15) is 0 Å². The molecule has 1 aliphatic carbocycles. The van der Waals surface area contributed by atoms with Crippen molar-refractivity contribution in [1.29, 1.82) is 0 Å². The number of imide groups is 1. The Morgan fingerprint density at radius 1 is 0.938 bits per heavy atom. The summed E-state index contributed by atoms with van der Waals surface area (Å²) in [6.07, 6.45) is 1.54. The van der Waals surface area contributed by atoms with E-state index in [1.54, 1.807) is 61.5 Å². The molecule has 162 valence electrons. The first kappa shape index (κ1) is 20.2. The molecular weight excluding hydrogens is 408 g/mol. The van der Waals surface area contributed by atoms with Crippen LogP contribution in [0.5, 0.6) is 5.75 Å². The van der Waals surface area contributed by atoms with Crippen LogP contribution in [0.15, 0.2) is 72.3 Å². The Morgan fingerprint density at radius 3 is 2.28 bits per heavy atom. The van der Waals surface area contributed by atoms with Crippen molar-refractivity contribution < 1.29 is 23.9 Å². The summed E-state index contributed by atoms with van der Waals surface area (Å²) in [5.41, 5.74) is 0.914. The molecule has 0 radical (unpaired) electrons. The molecule has 0 saturated carbocycles. The lowest BCUT2D eigenvalue weighted by Gasteiger charge is -2.45. The van der Waals surface area contributed by atoms with Gasteiger partial charge in [0.15, 0.2) is 5.78 Å². The molecule has 0 N–H and O–H groups in total. The molecule has 2 aromatic rings. The molecule has 7 heteroatoms. The van der Waals surface area contributed by atoms with Crippen LogP contribution in [0.3, 0.4) is 0 Å². The molecule has 7 nitrogen and oxygen atoms in total. The number of likely N-dealkylation sites (tertiary alicyclic amines) is 1. The van der Waals surface area contributed by atoms with Crippen molar-refractivity contribution in [2.45, 2.75) is 31.8 Å². The van der Waals surface area contributed by atoms with Crippen molar-refractivity contribution in [1.82, 2.24) is 4.90 Å². The van der Waals surface area contributed by atoms with Gasteiger partial charge in [-0.05, 0) is 37.6 Å². The average molecular weight is 430 g/mol. The van der Waals surface area contributed by atoms with Crippen LogP contribution in [0.4, 0.5) is 10.5 Å². The van der Waals surface area contributed by atoms with Crippen LogP contribution < -0.4 is 9.64 Å². The van der Waals surface area contributed by atoms with Crippen molar-refractivity contribution in [2.24, 2.45) is 11.8 Å². The van der Waals surface area contributed by atoms with E-state index in [1.807, 2.05) is 12.1 Å². The van der Waals surface area contributed by atoms with Crippen LogP contribution in [0.2, 0.25) is 0 Å². The fourth-order valence-electron chi connectivity index (χ4n) is 5.05. The van der Waals surface area contributed by atoms with Gasteiger partial charge in [0.1, 0.15) is 5.75 Å². The molecule has 3 amide bonds. The van der Waals surface area contributed by atoms with Gasteiger partial charge in [-0.25, -0.2) is 9.69 Å². The largest absolute Gasteiger partial charge is 0.416 e. The topological polar surface area (TPSA) is 84.0 Å². The Balaban J connectivity index is 1.53. The predicted octanol–water partition coefficient (Wildman–Crippen LogP) is 3.35. The summed E-state index contributed by atoms with van der Waals surface area (Å²) in [5.74, 6) is -1.86. The van der Waals surface area contributed by atoms with Crippen molar-refractivity contribution in [3.63, 3.8) is 0 Å². The lowest BCUT2D eigenvalue weighted by Crippen LogP contribution is -2.59. The fourth-order valence-corrected chi connectivity index (χ4v) is 5.05. The normalized spacial score (nSPS) is 27.0. The molecule has 0 bridgehead atoms. The number of ketones is 1. The van der Waals surface area contributed by atoms with Gasteiger partial charge in [0.25, 0.3) is 0 Å². The number of nitrogens with zero attached hydrogens (tertiary/aromatic N) is 2. The summed E-state index contributed by atoms with van der Waals surface area (Å²) in [5, 5.41) is 0. The third-order valence-corrected chi connectivity index (χ3v) is 6.48. The number of hydrogen-bond acceptors (Lipinski definition) is 5. The summed E-state index contributed by atoms with van der Waals surface area (Å²) in [6, 6.07) is 16.1. The number of hydrogen-bond donors (Lipinski definition) is 0. The number of piperidine rings is 1. The Kier molecular flexibility index (Phi) is 4.89. The quantitative estimate of drug-likeness (QED) is 0.683. The zero-order chi connectivity index (χ0) is 22.4. The van der Waals surface area contributed by atoms with Crippen molar-refractivity contribution in [3.8, 4) is 5.75 Å².